The topological polar surface area (TPSA) is 95.5 Å². The molecule has 0 spiro atoms. The van der Waals surface area contributed by atoms with Crippen molar-refractivity contribution in [3.05, 3.63) is 35.9 Å². The van der Waals surface area contributed by atoms with Gasteiger partial charge in [-0.25, -0.2) is 4.79 Å². The average molecular weight is 346 g/mol. The van der Waals surface area contributed by atoms with Gasteiger partial charge < -0.3 is 15.7 Å². The normalized spacial score (nSPS) is 20.0. The van der Waals surface area contributed by atoms with Crippen LogP contribution < -0.4 is 10.6 Å². The first-order valence-electron chi connectivity index (χ1n) is 8.70. The monoisotopic (exact) mass is 346 g/mol. The second kappa shape index (κ2) is 8.65. The van der Waals surface area contributed by atoms with E-state index < -0.39 is 17.9 Å². The molecule has 136 valence electrons. The minimum absolute atomic E-state index is 0.153. The van der Waals surface area contributed by atoms with Crippen LogP contribution in [-0.4, -0.2) is 35.5 Å². The lowest BCUT2D eigenvalue weighted by atomic mass is 10.0. The standard InChI is InChI=1S/C19H26N2O4/c1-12(2)8-16(19(24)25)21-18(23)11-20-17(22)10-14-9-15(14)13-6-4-3-5-7-13/h3-7,12,14-16H,8-11H2,1-2H3,(H,20,22)(H,21,23)(H,24,25)/t14-,15-,16-/m0/s1. The van der Waals surface area contributed by atoms with E-state index in [1.54, 1.807) is 0 Å². The molecule has 0 saturated heterocycles. The summed E-state index contributed by atoms with van der Waals surface area (Å²) in [4.78, 5) is 34.9. The van der Waals surface area contributed by atoms with Gasteiger partial charge in [-0.1, -0.05) is 44.2 Å². The molecule has 6 heteroatoms. The summed E-state index contributed by atoms with van der Waals surface area (Å²) in [5.74, 6) is -0.815. The van der Waals surface area contributed by atoms with Crippen LogP contribution in [0.1, 0.15) is 44.6 Å². The Morgan fingerprint density at radius 2 is 1.84 bits per heavy atom. The Bertz CT molecular complexity index is 615. The maximum Gasteiger partial charge on any atom is 0.326 e. The zero-order chi connectivity index (χ0) is 18.4. The lowest BCUT2D eigenvalue weighted by Gasteiger charge is -2.16. The number of aliphatic carboxylic acids is 1. The lowest BCUT2D eigenvalue weighted by Crippen LogP contribution is -2.46. The maximum atomic E-state index is 12.0. The fourth-order valence-corrected chi connectivity index (χ4v) is 3.01. The number of carbonyl (C=O) groups is 3. The molecule has 2 amide bonds. The molecule has 0 unspecified atom stereocenters. The van der Waals surface area contributed by atoms with Crippen LogP contribution in [0.15, 0.2) is 30.3 Å². The van der Waals surface area contributed by atoms with Gasteiger partial charge in [-0.2, -0.15) is 0 Å². The molecule has 6 nitrogen and oxygen atoms in total. The Morgan fingerprint density at radius 1 is 1.16 bits per heavy atom. The number of carboxylic acid groups (broad SMARTS) is 1. The van der Waals surface area contributed by atoms with Gasteiger partial charge >= 0.3 is 5.97 Å². The highest BCUT2D eigenvalue weighted by Gasteiger charge is 2.39. The van der Waals surface area contributed by atoms with E-state index in [-0.39, 0.29) is 18.4 Å². The Morgan fingerprint density at radius 3 is 2.44 bits per heavy atom. The Kier molecular flexibility index (Phi) is 6.56. The molecular formula is C19H26N2O4. The van der Waals surface area contributed by atoms with Gasteiger partial charge in [0.05, 0.1) is 6.54 Å². The minimum atomic E-state index is -1.06. The zero-order valence-corrected chi connectivity index (χ0v) is 14.7. The van der Waals surface area contributed by atoms with Crippen molar-refractivity contribution in [2.75, 3.05) is 6.54 Å². The molecule has 1 aliphatic rings. The van der Waals surface area contributed by atoms with Crippen LogP contribution in [-0.2, 0) is 14.4 Å². The molecule has 0 radical (unpaired) electrons. The number of carboxylic acids is 1. The number of benzene rings is 1. The number of nitrogens with one attached hydrogen (secondary N) is 2. The van der Waals surface area contributed by atoms with Gasteiger partial charge in [0.1, 0.15) is 6.04 Å². The molecule has 0 heterocycles. The second-order valence-corrected chi connectivity index (χ2v) is 7.08. The van der Waals surface area contributed by atoms with Crippen LogP contribution in [0.2, 0.25) is 0 Å². The molecule has 0 aliphatic heterocycles. The number of amides is 2. The highest BCUT2D eigenvalue weighted by molar-refractivity contribution is 5.88. The van der Waals surface area contributed by atoms with Gasteiger partial charge in [0.15, 0.2) is 0 Å². The van der Waals surface area contributed by atoms with Crippen LogP contribution >= 0.6 is 0 Å². The van der Waals surface area contributed by atoms with E-state index in [0.29, 0.717) is 24.7 Å². The predicted octanol–water partition coefficient (Wildman–Crippen LogP) is 1.91. The van der Waals surface area contributed by atoms with Gasteiger partial charge in [-0.05, 0) is 36.2 Å². The minimum Gasteiger partial charge on any atom is -0.480 e. The zero-order valence-electron chi connectivity index (χ0n) is 14.7. The van der Waals surface area contributed by atoms with Crippen molar-refractivity contribution in [2.45, 2.75) is 45.1 Å². The van der Waals surface area contributed by atoms with Gasteiger partial charge in [0.25, 0.3) is 0 Å². The SMILES string of the molecule is CC(C)C[C@H](NC(=O)CNC(=O)C[C@@H]1C[C@H]1c1ccccc1)C(=O)O. The summed E-state index contributed by atoms with van der Waals surface area (Å²) < 4.78 is 0. The van der Waals surface area contributed by atoms with Crippen molar-refractivity contribution in [3.8, 4) is 0 Å². The molecule has 1 aromatic rings. The first-order valence-corrected chi connectivity index (χ1v) is 8.70. The third-order valence-electron chi connectivity index (χ3n) is 4.38. The van der Waals surface area contributed by atoms with E-state index in [0.717, 1.165) is 6.42 Å². The average Bonchev–Trinajstić information content (AvgIpc) is 3.32. The molecular weight excluding hydrogens is 320 g/mol. The molecule has 1 saturated carbocycles. The molecule has 3 atom stereocenters. The van der Waals surface area contributed by atoms with E-state index in [1.165, 1.54) is 5.56 Å². The molecule has 0 bridgehead atoms. The van der Waals surface area contributed by atoms with Gasteiger partial charge in [-0.15, -0.1) is 0 Å². The van der Waals surface area contributed by atoms with E-state index in [9.17, 15) is 14.4 Å². The summed E-state index contributed by atoms with van der Waals surface area (Å²) in [5, 5.41) is 14.1. The number of carbonyl (C=O) groups excluding carboxylic acids is 2. The number of rotatable bonds is 9. The second-order valence-electron chi connectivity index (χ2n) is 7.08. The third-order valence-corrected chi connectivity index (χ3v) is 4.38. The van der Waals surface area contributed by atoms with E-state index in [1.807, 2.05) is 32.0 Å². The largest absolute Gasteiger partial charge is 0.480 e. The molecule has 2 rings (SSSR count). The van der Waals surface area contributed by atoms with Crippen LogP contribution in [0.5, 0.6) is 0 Å². The quantitative estimate of drug-likeness (QED) is 0.636. The van der Waals surface area contributed by atoms with Crippen molar-refractivity contribution < 1.29 is 19.5 Å². The van der Waals surface area contributed by atoms with Crippen LogP contribution in [0.25, 0.3) is 0 Å². The van der Waals surface area contributed by atoms with Crippen molar-refractivity contribution >= 4 is 17.8 Å². The summed E-state index contributed by atoms with van der Waals surface area (Å²) >= 11 is 0. The highest BCUT2D eigenvalue weighted by atomic mass is 16.4. The van der Waals surface area contributed by atoms with E-state index in [4.69, 9.17) is 5.11 Å². The number of hydrogen-bond acceptors (Lipinski definition) is 3. The molecule has 3 N–H and O–H groups in total. The van der Waals surface area contributed by atoms with Crippen molar-refractivity contribution in [3.63, 3.8) is 0 Å². The van der Waals surface area contributed by atoms with Crippen LogP contribution in [0, 0.1) is 11.8 Å². The van der Waals surface area contributed by atoms with Gasteiger partial charge in [0.2, 0.25) is 11.8 Å². The Hall–Kier alpha value is -2.37. The molecule has 1 aliphatic carbocycles. The van der Waals surface area contributed by atoms with Gasteiger partial charge in [-0.3, -0.25) is 9.59 Å². The number of hydrogen-bond donors (Lipinski definition) is 3. The molecule has 1 fully saturated rings. The fourth-order valence-electron chi connectivity index (χ4n) is 3.01. The van der Waals surface area contributed by atoms with Crippen molar-refractivity contribution in [2.24, 2.45) is 11.8 Å². The van der Waals surface area contributed by atoms with E-state index >= 15 is 0 Å². The lowest BCUT2D eigenvalue weighted by molar-refractivity contribution is -0.142. The van der Waals surface area contributed by atoms with E-state index in [2.05, 4.69) is 22.8 Å². The highest BCUT2D eigenvalue weighted by Crippen LogP contribution is 2.49. The summed E-state index contributed by atoms with van der Waals surface area (Å²) in [5.41, 5.74) is 1.25. The molecule has 1 aromatic carbocycles. The van der Waals surface area contributed by atoms with Gasteiger partial charge in [0, 0.05) is 6.42 Å². The summed E-state index contributed by atoms with van der Waals surface area (Å²) in [6.07, 6.45) is 1.73. The third kappa shape index (κ3) is 6.21. The van der Waals surface area contributed by atoms with Crippen LogP contribution in [0.4, 0.5) is 0 Å². The predicted molar refractivity (Wildman–Crippen MR) is 93.9 cm³/mol. The summed E-state index contributed by atoms with van der Waals surface area (Å²) in [6, 6.07) is 9.16. The van der Waals surface area contributed by atoms with Crippen LogP contribution in [0.3, 0.4) is 0 Å². The maximum absolute atomic E-state index is 12.0. The first-order chi connectivity index (χ1) is 11.9. The molecule has 0 aromatic heterocycles. The smallest absolute Gasteiger partial charge is 0.326 e. The molecule has 25 heavy (non-hydrogen) atoms. The first kappa shape index (κ1) is 19.0. The Labute approximate surface area is 148 Å². The summed E-state index contributed by atoms with van der Waals surface area (Å²) in [7, 11) is 0. The Balaban J connectivity index is 1.69. The fraction of sp³-hybridized carbons (Fsp3) is 0.526. The van der Waals surface area contributed by atoms with Crippen molar-refractivity contribution in [1.29, 1.82) is 0 Å². The van der Waals surface area contributed by atoms with Crippen molar-refractivity contribution in [1.82, 2.24) is 10.6 Å². The summed E-state index contributed by atoms with van der Waals surface area (Å²) in [6.45, 7) is 3.59.